The third-order valence-electron chi connectivity index (χ3n) is 3.19. The number of benzene rings is 1. The lowest BCUT2D eigenvalue weighted by Crippen LogP contribution is -2.41. The second kappa shape index (κ2) is 6.61. The van der Waals surface area contributed by atoms with Crippen molar-refractivity contribution in [2.45, 2.75) is 32.9 Å². The van der Waals surface area contributed by atoms with E-state index in [2.05, 4.69) is 0 Å². The number of anilines is 1. The molecule has 2 N–H and O–H groups in total. The lowest BCUT2D eigenvalue weighted by atomic mass is 10.1. The van der Waals surface area contributed by atoms with Crippen LogP contribution >= 0.6 is 0 Å². The Hall–Kier alpha value is -1.75. The maximum atomic E-state index is 11.8. The zero-order valence-corrected chi connectivity index (χ0v) is 12.1. The summed E-state index contributed by atoms with van der Waals surface area (Å²) in [7, 11) is 0. The van der Waals surface area contributed by atoms with Crippen molar-refractivity contribution in [2.24, 2.45) is 5.73 Å². The summed E-state index contributed by atoms with van der Waals surface area (Å²) in [6.07, 6.45) is 0.872. The fourth-order valence-corrected chi connectivity index (χ4v) is 2.27. The van der Waals surface area contributed by atoms with Crippen LogP contribution in [0.2, 0.25) is 0 Å². The number of nitrogens with zero attached hydrogens (tertiary/aromatic N) is 1. The molecule has 1 aliphatic rings. The Morgan fingerprint density at radius 2 is 2.35 bits per heavy atom. The summed E-state index contributed by atoms with van der Waals surface area (Å²) >= 11 is 0. The molecule has 0 aromatic heterocycles. The molecule has 0 bridgehead atoms. The molecule has 1 aromatic carbocycles. The third-order valence-corrected chi connectivity index (χ3v) is 3.19. The van der Waals surface area contributed by atoms with Crippen molar-refractivity contribution in [3.63, 3.8) is 0 Å². The van der Waals surface area contributed by atoms with Crippen molar-refractivity contribution in [3.8, 4) is 5.75 Å². The number of hydrogen-bond acceptors (Lipinski definition) is 5. The molecule has 0 spiro atoms. The van der Waals surface area contributed by atoms with Gasteiger partial charge in [-0.2, -0.15) is 0 Å². The molecule has 1 aromatic rings. The van der Waals surface area contributed by atoms with Gasteiger partial charge in [0.05, 0.1) is 18.8 Å². The van der Waals surface area contributed by atoms with Crippen LogP contribution in [0.3, 0.4) is 0 Å². The smallest absolute Gasteiger partial charge is 0.325 e. The fraction of sp³-hybridized carbons (Fsp3) is 0.533. The summed E-state index contributed by atoms with van der Waals surface area (Å²) in [5.74, 6) is 0.588. The number of carbonyl (C=O) groups excluding carboxylic acids is 1. The number of hydrogen-bond donors (Lipinski definition) is 1. The monoisotopic (exact) mass is 278 g/mol. The highest BCUT2D eigenvalue weighted by molar-refractivity contribution is 5.77. The van der Waals surface area contributed by atoms with E-state index in [0.29, 0.717) is 19.7 Å². The highest BCUT2D eigenvalue weighted by Gasteiger charge is 2.25. The minimum atomic E-state index is -0.199. The van der Waals surface area contributed by atoms with Gasteiger partial charge in [0.1, 0.15) is 18.4 Å². The standard InChI is InChI=1S/C15H22N2O3/c1-3-6-19-15(18)10-17-9-11(2)20-14-7-12(8-16)4-5-13(14)17/h4-5,7,11H,3,6,8-10,16H2,1-2H3. The molecule has 1 atom stereocenters. The van der Waals surface area contributed by atoms with E-state index in [1.807, 2.05) is 36.9 Å². The molecule has 0 aliphatic carbocycles. The van der Waals surface area contributed by atoms with E-state index in [4.69, 9.17) is 15.2 Å². The topological polar surface area (TPSA) is 64.8 Å². The molecule has 5 heteroatoms. The lowest BCUT2D eigenvalue weighted by molar-refractivity contribution is -0.142. The van der Waals surface area contributed by atoms with Gasteiger partial charge in [-0.1, -0.05) is 13.0 Å². The average molecular weight is 278 g/mol. The number of carbonyl (C=O) groups is 1. The predicted octanol–water partition coefficient (Wildman–Crippen LogP) is 1.69. The normalized spacial score (nSPS) is 17.4. The molecular weight excluding hydrogens is 256 g/mol. The first-order valence-electron chi connectivity index (χ1n) is 7.04. The molecule has 0 fully saturated rings. The highest BCUT2D eigenvalue weighted by atomic mass is 16.5. The van der Waals surface area contributed by atoms with Crippen molar-refractivity contribution in [1.82, 2.24) is 0 Å². The second-order valence-corrected chi connectivity index (χ2v) is 5.04. The SMILES string of the molecule is CCCOC(=O)CN1CC(C)Oc2cc(CN)ccc21. The maximum absolute atomic E-state index is 11.8. The van der Waals surface area contributed by atoms with Gasteiger partial charge in [0.15, 0.2) is 0 Å². The van der Waals surface area contributed by atoms with Gasteiger partial charge in [0.25, 0.3) is 0 Å². The maximum Gasteiger partial charge on any atom is 0.325 e. The van der Waals surface area contributed by atoms with Gasteiger partial charge in [-0.05, 0) is 31.0 Å². The average Bonchev–Trinajstić information content (AvgIpc) is 2.44. The zero-order chi connectivity index (χ0) is 14.5. The molecular formula is C15H22N2O3. The molecule has 0 saturated carbocycles. The molecule has 1 aliphatic heterocycles. The summed E-state index contributed by atoms with van der Waals surface area (Å²) < 4.78 is 11.0. The van der Waals surface area contributed by atoms with Crippen molar-refractivity contribution >= 4 is 11.7 Å². The number of ether oxygens (including phenoxy) is 2. The summed E-state index contributed by atoms with van der Waals surface area (Å²) in [6, 6.07) is 5.86. The van der Waals surface area contributed by atoms with Gasteiger partial charge < -0.3 is 20.1 Å². The minimum absolute atomic E-state index is 0.0366. The van der Waals surface area contributed by atoms with Crippen molar-refractivity contribution in [2.75, 3.05) is 24.6 Å². The third kappa shape index (κ3) is 3.42. The van der Waals surface area contributed by atoms with Crippen LogP contribution < -0.4 is 15.4 Å². The van der Waals surface area contributed by atoms with Crippen LogP contribution in [-0.4, -0.2) is 31.8 Å². The minimum Gasteiger partial charge on any atom is -0.487 e. The van der Waals surface area contributed by atoms with Crippen LogP contribution in [-0.2, 0) is 16.1 Å². The number of nitrogens with two attached hydrogens (primary N) is 1. The van der Waals surface area contributed by atoms with Crippen molar-refractivity contribution < 1.29 is 14.3 Å². The molecule has 0 amide bonds. The molecule has 110 valence electrons. The Kier molecular flexibility index (Phi) is 4.84. The van der Waals surface area contributed by atoms with E-state index in [9.17, 15) is 4.79 Å². The van der Waals surface area contributed by atoms with Gasteiger partial charge in [0, 0.05) is 6.54 Å². The number of rotatable bonds is 5. The van der Waals surface area contributed by atoms with Gasteiger partial charge in [-0.15, -0.1) is 0 Å². The first kappa shape index (κ1) is 14.7. The Morgan fingerprint density at radius 1 is 1.55 bits per heavy atom. The molecule has 1 unspecified atom stereocenters. The number of esters is 1. The summed E-state index contributed by atoms with van der Waals surface area (Å²) in [5, 5.41) is 0. The van der Waals surface area contributed by atoms with Crippen LogP contribution in [0.5, 0.6) is 5.75 Å². The van der Waals surface area contributed by atoms with E-state index in [1.165, 1.54) is 0 Å². The zero-order valence-electron chi connectivity index (χ0n) is 12.1. The fourth-order valence-electron chi connectivity index (χ4n) is 2.27. The summed E-state index contributed by atoms with van der Waals surface area (Å²) in [5.41, 5.74) is 7.59. The van der Waals surface area contributed by atoms with Gasteiger partial charge in [0.2, 0.25) is 0 Å². The molecule has 5 nitrogen and oxygen atoms in total. The van der Waals surface area contributed by atoms with Crippen LogP contribution in [0.4, 0.5) is 5.69 Å². The van der Waals surface area contributed by atoms with Gasteiger partial charge in [-0.25, -0.2) is 0 Å². The van der Waals surface area contributed by atoms with E-state index in [0.717, 1.165) is 23.4 Å². The molecule has 0 saturated heterocycles. The lowest BCUT2D eigenvalue weighted by Gasteiger charge is -2.34. The van der Waals surface area contributed by atoms with Crippen LogP contribution in [0.25, 0.3) is 0 Å². The Morgan fingerprint density at radius 3 is 3.05 bits per heavy atom. The van der Waals surface area contributed by atoms with Crippen LogP contribution in [0.15, 0.2) is 18.2 Å². The van der Waals surface area contributed by atoms with Gasteiger partial charge in [-0.3, -0.25) is 4.79 Å². The molecule has 0 radical (unpaired) electrons. The quantitative estimate of drug-likeness (QED) is 0.830. The van der Waals surface area contributed by atoms with Crippen molar-refractivity contribution in [1.29, 1.82) is 0 Å². The molecule has 20 heavy (non-hydrogen) atoms. The second-order valence-electron chi connectivity index (χ2n) is 5.04. The van der Waals surface area contributed by atoms with E-state index < -0.39 is 0 Å². The Labute approximate surface area is 119 Å². The van der Waals surface area contributed by atoms with Gasteiger partial charge >= 0.3 is 5.97 Å². The summed E-state index contributed by atoms with van der Waals surface area (Å²) in [4.78, 5) is 13.8. The van der Waals surface area contributed by atoms with Crippen LogP contribution in [0.1, 0.15) is 25.8 Å². The highest BCUT2D eigenvalue weighted by Crippen LogP contribution is 2.34. The van der Waals surface area contributed by atoms with E-state index >= 15 is 0 Å². The van der Waals surface area contributed by atoms with E-state index in [1.54, 1.807) is 0 Å². The Balaban J connectivity index is 2.13. The first-order valence-corrected chi connectivity index (χ1v) is 7.04. The first-order chi connectivity index (χ1) is 9.63. The van der Waals surface area contributed by atoms with Crippen LogP contribution in [0, 0.1) is 0 Å². The molecule has 2 rings (SSSR count). The predicted molar refractivity (Wildman–Crippen MR) is 77.9 cm³/mol. The van der Waals surface area contributed by atoms with Crippen molar-refractivity contribution in [3.05, 3.63) is 23.8 Å². The summed E-state index contributed by atoms with van der Waals surface area (Å²) in [6.45, 7) is 5.84. The van der Waals surface area contributed by atoms with E-state index in [-0.39, 0.29) is 18.6 Å². The largest absolute Gasteiger partial charge is 0.487 e. The molecule has 1 heterocycles. The Bertz CT molecular complexity index is 476. The number of fused-ring (bicyclic) bond motifs is 1.